The van der Waals surface area contributed by atoms with Crippen LogP contribution in [0.5, 0.6) is 5.75 Å². The highest BCUT2D eigenvalue weighted by atomic mass is 79.9. The zero-order valence-corrected chi connectivity index (χ0v) is 12.2. The Kier molecular flexibility index (Phi) is 3.17. The van der Waals surface area contributed by atoms with E-state index >= 15 is 0 Å². The van der Waals surface area contributed by atoms with E-state index in [1.165, 1.54) is 0 Å². The van der Waals surface area contributed by atoms with Crippen LogP contribution in [-0.2, 0) is 0 Å². The van der Waals surface area contributed by atoms with Crippen molar-refractivity contribution in [1.82, 2.24) is 0 Å². The first-order chi connectivity index (χ1) is 9.05. The van der Waals surface area contributed by atoms with Gasteiger partial charge in [-0.1, -0.05) is 46.3 Å². The predicted octanol–water partition coefficient (Wildman–Crippen LogP) is 4.32. The Morgan fingerprint density at radius 3 is 2.58 bits per heavy atom. The zero-order valence-electron chi connectivity index (χ0n) is 9.72. The molecule has 19 heavy (non-hydrogen) atoms. The Bertz CT molecular complexity index is 656. The molecule has 1 aliphatic rings. The van der Waals surface area contributed by atoms with Gasteiger partial charge in [-0.05, 0) is 28.0 Å². The summed E-state index contributed by atoms with van der Waals surface area (Å²) < 4.78 is 19.6. The van der Waals surface area contributed by atoms with Gasteiger partial charge in [0.05, 0.1) is 0 Å². The van der Waals surface area contributed by atoms with Crippen molar-refractivity contribution in [1.29, 1.82) is 0 Å². The van der Waals surface area contributed by atoms with Crippen molar-refractivity contribution >= 4 is 29.5 Å². The third-order valence-corrected chi connectivity index (χ3v) is 4.33. The third-order valence-electron chi connectivity index (χ3n) is 2.82. The number of halogens is 2. The van der Waals surface area contributed by atoms with Gasteiger partial charge in [-0.25, -0.2) is 0 Å². The molecule has 0 aliphatic carbocycles. The Morgan fingerprint density at radius 1 is 1.11 bits per heavy atom. The van der Waals surface area contributed by atoms with E-state index in [2.05, 4.69) is 15.9 Å². The molecule has 2 nitrogen and oxygen atoms in total. The molecule has 1 aliphatic heterocycles. The van der Waals surface area contributed by atoms with Crippen LogP contribution in [-0.4, -0.2) is 0 Å². The van der Waals surface area contributed by atoms with Gasteiger partial charge in [0.15, 0.2) is 5.75 Å². The van der Waals surface area contributed by atoms with Gasteiger partial charge >= 0.3 is 8.03 Å². The molecule has 0 amide bonds. The molecule has 1 atom stereocenters. The van der Waals surface area contributed by atoms with Gasteiger partial charge < -0.3 is 9.42 Å². The van der Waals surface area contributed by atoms with Crippen LogP contribution in [0.2, 0.25) is 0 Å². The number of hydrogen-bond acceptors (Lipinski definition) is 2. The van der Waals surface area contributed by atoms with Gasteiger partial charge in [0, 0.05) is 15.6 Å². The highest BCUT2D eigenvalue weighted by Gasteiger charge is 2.36. The second kappa shape index (κ2) is 4.71. The lowest BCUT2D eigenvalue weighted by Crippen LogP contribution is -2.13. The summed E-state index contributed by atoms with van der Waals surface area (Å²) in [4.78, 5) is 11.7. The molecule has 0 fully saturated rings. The second-order valence-electron chi connectivity index (χ2n) is 4.16. The van der Waals surface area contributed by atoms with Crippen LogP contribution in [0.15, 0.2) is 58.8 Å². The Morgan fingerprint density at radius 2 is 1.84 bits per heavy atom. The van der Waals surface area contributed by atoms with Crippen LogP contribution < -0.4 is 9.42 Å². The van der Waals surface area contributed by atoms with Gasteiger partial charge in [0.25, 0.3) is 0 Å². The summed E-state index contributed by atoms with van der Waals surface area (Å²) >= 11 is 3.37. The third kappa shape index (κ3) is 2.57. The summed E-state index contributed by atoms with van der Waals surface area (Å²) in [5.41, 5.74) is 2.13. The van der Waals surface area contributed by atoms with E-state index in [4.69, 9.17) is 4.52 Å². The molecule has 96 valence electrons. The average molecular weight is 339 g/mol. The van der Waals surface area contributed by atoms with Crippen molar-refractivity contribution < 1.29 is 13.6 Å². The normalized spacial score (nSPS) is 21.3. The van der Waals surface area contributed by atoms with Crippen molar-refractivity contribution in [2.75, 3.05) is 0 Å². The maximum absolute atomic E-state index is 13.8. The summed E-state index contributed by atoms with van der Waals surface area (Å²) in [5, 5.41) is 0. The summed E-state index contributed by atoms with van der Waals surface area (Å²) in [6.07, 6.45) is 0. The Balaban J connectivity index is 2.21. The molecule has 0 aromatic heterocycles. The number of hydrogen-bond donors (Lipinski definition) is 0. The minimum absolute atomic E-state index is 0.301. The fourth-order valence-corrected chi connectivity index (χ4v) is 3.46. The average Bonchev–Trinajstić information content (AvgIpc) is 2.39. The van der Waals surface area contributed by atoms with Gasteiger partial charge in [-0.3, -0.25) is 0 Å². The lowest BCUT2D eigenvalue weighted by molar-refractivity contribution is -0.193. The van der Waals surface area contributed by atoms with Gasteiger partial charge in [-0.15, -0.1) is 0 Å². The quantitative estimate of drug-likeness (QED) is 0.725. The largest absolute Gasteiger partial charge is 0.616 e. The first kappa shape index (κ1) is 12.8. The van der Waals surface area contributed by atoms with Crippen LogP contribution in [0, 0.1) is 0 Å². The number of rotatable bonds is 1. The first-order valence-electron chi connectivity index (χ1n) is 5.62. The Labute approximate surface area is 119 Å². The minimum Gasteiger partial charge on any atom is -0.616 e. The lowest BCUT2D eigenvalue weighted by atomic mass is 9.99. The van der Waals surface area contributed by atoms with E-state index in [1.807, 2.05) is 36.4 Å². The molecule has 0 spiro atoms. The van der Waals surface area contributed by atoms with E-state index in [9.17, 15) is 9.09 Å². The molecule has 0 N–H and O–H groups in total. The summed E-state index contributed by atoms with van der Waals surface area (Å²) in [5.74, 6) is 1.38. The fraction of sp³-hybridized carbons (Fsp3) is 0. The highest BCUT2D eigenvalue weighted by Crippen LogP contribution is 2.61. The van der Waals surface area contributed by atoms with E-state index in [1.54, 1.807) is 12.1 Å². The summed E-state index contributed by atoms with van der Waals surface area (Å²) in [6.45, 7) is 0. The van der Waals surface area contributed by atoms with Crippen molar-refractivity contribution in [3.05, 3.63) is 69.9 Å². The van der Waals surface area contributed by atoms with E-state index in [-0.39, 0.29) is 0 Å². The molecule has 1 unspecified atom stereocenters. The monoisotopic (exact) mass is 338 g/mol. The molecule has 2 aromatic carbocycles. The molecule has 5 heteroatoms. The molecule has 2 aromatic rings. The molecular formula is C14H9BrFO2P. The number of fused-ring (bicyclic) bond motifs is 1. The maximum Gasteiger partial charge on any atom is 0.370 e. The molecular weight excluding hydrogens is 330 g/mol. The molecule has 3 rings (SSSR count). The second-order valence-corrected chi connectivity index (χ2v) is 6.56. The smallest absolute Gasteiger partial charge is 0.370 e. The van der Waals surface area contributed by atoms with Crippen LogP contribution in [0.3, 0.4) is 0 Å². The van der Waals surface area contributed by atoms with Gasteiger partial charge in [-0.2, -0.15) is 0 Å². The predicted molar refractivity (Wildman–Crippen MR) is 76.3 cm³/mol. The summed E-state index contributed by atoms with van der Waals surface area (Å²) in [7, 11) is -4.23. The first-order valence-corrected chi connectivity index (χ1v) is 8.00. The van der Waals surface area contributed by atoms with Crippen molar-refractivity contribution in [3.8, 4) is 5.75 Å². The topological polar surface area (TPSA) is 32.3 Å². The van der Waals surface area contributed by atoms with Crippen molar-refractivity contribution in [2.24, 2.45) is 0 Å². The molecule has 0 radical (unpaired) electrons. The molecule has 0 bridgehead atoms. The van der Waals surface area contributed by atoms with Crippen LogP contribution >= 0.6 is 24.0 Å². The van der Waals surface area contributed by atoms with Crippen LogP contribution in [0.1, 0.15) is 11.1 Å². The SMILES string of the molecule is [O-][P+]1(F)C=C(c2ccccc2)c2cc(Br)ccc2O1. The maximum atomic E-state index is 13.8. The van der Waals surface area contributed by atoms with E-state index in [0.717, 1.165) is 21.4 Å². The van der Waals surface area contributed by atoms with E-state index in [0.29, 0.717) is 11.3 Å². The van der Waals surface area contributed by atoms with Gasteiger partial charge in [0.2, 0.25) is 0 Å². The zero-order chi connectivity index (χ0) is 13.5. The van der Waals surface area contributed by atoms with Crippen LogP contribution in [0.4, 0.5) is 4.20 Å². The summed E-state index contributed by atoms with van der Waals surface area (Å²) in [6, 6.07) is 14.4. The van der Waals surface area contributed by atoms with Crippen molar-refractivity contribution in [2.45, 2.75) is 0 Å². The van der Waals surface area contributed by atoms with Crippen molar-refractivity contribution in [3.63, 3.8) is 0 Å². The molecule has 0 saturated carbocycles. The standard InChI is InChI=1S/C14H9BrFO2P/c15-11-6-7-14-12(8-11)13(9-19(16,17)18-14)10-4-2-1-3-5-10/h1-9H. The lowest BCUT2D eigenvalue weighted by Gasteiger charge is -2.24. The molecule has 1 heterocycles. The molecule has 0 saturated heterocycles. The highest BCUT2D eigenvalue weighted by molar-refractivity contribution is 9.10. The Hall–Kier alpha value is -1.22. The number of benzene rings is 2. The van der Waals surface area contributed by atoms with E-state index < -0.39 is 8.03 Å². The van der Waals surface area contributed by atoms with Gasteiger partial charge in [0.1, 0.15) is 5.82 Å². The minimum atomic E-state index is -4.23. The van der Waals surface area contributed by atoms with Crippen LogP contribution in [0.25, 0.3) is 5.57 Å². The fourth-order valence-electron chi connectivity index (χ4n) is 2.02.